The van der Waals surface area contributed by atoms with Gasteiger partial charge < -0.3 is 0 Å². The van der Waals surface area contributed by atoms with E-state index >= 15 is 0 Å². The minimum absolute atomic E-state index is 0.572. The monoisotopic (exact) mass is 350 g/mol. The molecule has 0 bridgehead atoms. The second kappa shape index (κ2) is 7.46. The van der Waals surface area contributed by atoms with Gasteiger partial charge in [-0.3, -0.25) is 4.55 Å². The van der Waals surface area contributed by atoms with E-state index in [1.54, 1.807) is 0 Å². The lowest BCUT2D eigenvalue weighted by atomic mass is 10.2. The molecule has 8 heteroatoms. The van der Waals surface area contributed by atoms with Gasteiger partial charge in [0.05, 0.1) is 0 Å². The summed E-state index contributed by atoms with van der Waals surface area (Å²) in [5, 5.41) is 1.14. The second-order valence-corrected chi connectivity index (χ2v) is 14.3. The molecule has 1 N–H and O–H groups in total. The summed E-state index contributed by atoms with van der Waals surface area (Å²) in [6.07, 6.45) is 0. The molecule has 0 fully saturated rings. The third kappa shape index (κ3) is 10.3. The van der Waals surface area contributed by atoms with E-state index in [-0.39, 0.29) is 0 Å². The molecular weight excluding hydrogens is 321 g/mol. The molecule has 0 saturated heterocycles. The highest BCUT2D eigenvalue weighted by Crippen LogP contribution is 2.44. The van der Waals surface area contributed by atoms with Crippen LogP contribution < -0.4 is 0 Å². The number of halogens is 3. The topological polar surface area (TPSA) is 54.4 Å². The molecule has 0 aliphatic carbocycles. The summed E-state index contributed by atoms with van der Waals surface area (Å²) in [4.78, 5) is 0. The zero-order valence-electron chi connectivity index (χ0n) is 14.2. The van der Waals surface area contributed by atoms with Gasteiger partial charge in [-0.25, -0.2) is 0 Å². The predicted molar refractivity (Wildman–Crippen MR) is 83.8 cm³/mol. The summed E-state index contributed by atoms with van der Waals surface area (Å²) in [5.41, 5.74) is -5.53. The number of hydrogen-bond donors (Lipinski definition) is 1. The first-order chi connectivity index (χ1) is 8.80. The molecule has 0 radical (unpaired) electrons. The van der Waals surface area contributed by atoms with Crippen LogP contribution in [-0.2, 0) is 10.1 Å². The fraction of sp³-hybridized carbons (Fsp3) is 1.00. The molecule has 130 valence electrons. The Bertz CT molecular complexity index is 390. The Hall–Kier alpha value is -0.0831. The van der Waals surface area contributed by atoms with E-state index in [1.807, 2.05) is 0 Å². The first-order valence-electron chi connectivity index (χ1n) is 6.84. The second-order valence-electron chi connectivity index (χ2n) is 7.83. The van der Waals surface area contributed by atoms with Gasteiger partial charge in [0.25, 0.3) is 0 Å². The van der Waals surface area contributed by atoms with E-state index < -0.39 is 24.4 Å². The van der Waals surface area contributed by atoms with Crippen molar-refractivity contribution in [2.24, 2.45) is 5.92 Å². The molecule has 0 heterocycles. The van der Waals surface area contributed by atoms with Crippen molar-refractivity contribution in [3.63, 3.8) is 0 Å². The van der Waals surface area contributed by atoms with Crippen molar-refractivity contribution >= 4 is 18.9 Å². The van der Waals surface area contributed by atoms with E-state index in [1.165, 1.54) is 6.04 Å². The third-order valence-corrected chi connectivity index (χ3v) is 9.27. The Morgan fingerprint density at radius 3 is 1.24 bits per heavy atom. The normalized spacial score (nSPS) is 14.2. The highest BCUT2D eigenvalue weighted by molar-refractivity contribution is 7.86. The van der Waals surface area contributed by atoms with Crippen molar-refractivity contribution in [1.82, 2.24) is 0 Å². The SMILES string of the molecule is CC(C)C[SiH](C(C)(C)C)C(C)(C)C.O=S(=O)(O)C(F)(F)F. The van der Waals surface area contributed by atoms with E-state index in [2.05, 4.69) is 55.4 Å². The largest absolute Gasteiger partial charge is 0.522 e. The maximum Gasteiger partial charge on any atom is 0.522 e. The summed E-state index contributed by atoms with van der Waals surface area (Å²) >= 11 is 0. The van der Waals surface area contributed by atoms with Crippen molar-refractivity contribution < 1.29 is 26.1 Å². The minimum Gasteiger partial charge on any atom is -0.279 e. The summed E-state index contributed by atoms with van der Waals surface area (Å²) in [5.74, 6) is 0.870. The molecule has 0 atom stereocenters. The summed E-state index contributed by atoms with van der Waals surface area (Å²) in [6, 6.07) is 1.48. The maximum atomic E-state index is 10.7. The molecule has 0 rings (SSSR count). The van der Waals surface area contributed by atoms with Gasteiger partial charge in [0.2, 0.25) is 0 Å². The van der Waals surface area contributed by atoms with Crippen LogP contribution in [0.15, 0.2) is 0 Å². The molecule has 21 heavy (non-hydrogen) atoms. The first kappa shape index (κ1) is 23.2. The molecule has 0 unspecified atom stereocenters. The Morgan fingerprint density at radius 1 is 0.952 bits per heavy atom. The molecular formula is C13H29F3O3SSi. The van der Waals surface area contributed by atoms with Crippen molar-refractivity contribution in [1.29, 1.82) is 0 Å². The lowest BCUT2D eigenvalue weighted by Crippen LogP contribution is -2.36. The van der Waals surface area contributed by atoms with Crippen molar-refractivity contribution in [3.8, 4) is 0 Å². The van der Waals surface area contributed by atoms with Crippen LogP contribution in [0.3, 0.4) is 0 Å². The Morgan fingerprint density at radius 2 is 1.19 bits per heavy atom. The minimum atomic E-state index is -5.84. The van der Waals surface area contributed by atoms with Crippen LogP contribution in [0.25, 0.3) is 0 Å². The highest BCUT2D eigenvalue weighted by atomic mass is 32.2. The molecule has 0 aromatic heterocycles. The van der Waals surface area contributed by atoms with Gasteiger partial charge in [-0.2, -0.15) is 21.6 Å². The van der Waals surface area contributed by atoms with Gasteiger partial charge in [-0.05, 0) is 16.0 Å². The van der Waals surface area contributed by atoms with Gasteiger partial charge in [-0.1, -0.05) is 61.4 Å². The van der Waals surface area contributed by atoms with Crippen LogP contribution in [0, 0.1) is 5.92 Å². The fourth-order valence-corrected chi connectivity index (χ4v) is 7.43. The van der Waals surface area contributed by atoms with Crippen molar-refractivity contribution in [3.05, 3.63) is 0 Å². The lowest BCUT2D eigenvalue weighted by Gasteiger charge is -2.40. The van der Waals surface area contributed by atoms with Gasteiger partial charge in [0.15, 0.2) is 0 Å². The van der Waals surface area contributed by atoms with Crippen LogP contribution >= 0.6 is 0 Å². The zero-order valence-corrected chi connectivity index (χ0v) is 16.1. The number of hydrogen-bond acceptors (Lipinski definition) is 2. The first-order valence-corrected chi connectivity index (χ1v) is 10.2. The molecule has 3 nitrogen and oxygen atoms in total. The van der Waals surface area contributed by atoms with Crippen molar-refractivity contribution in [2.75, 3.05) is 0 Å². The van der Waals surface area contributed by atoms with E-state index in [0.717, 1.165) is 5.92 Å². The van der Waals surface area contributed by atoms with Crippen molar-refractivity contribution in [2.45, 2.75) is 77.0 Å². The van der Waals surface area contributed by atoms with Crippen LogP contribution in [0.2, 0.25) is 16.1 Å². The van der Waals surface area contributed by atoms with E-state index in [9.17, 15) is 13.2 Å². The standard InChI is InChI=1S/C12H28Si.CHF3O3S/c1-10(2)9-13(11(3,4)5)12(6,7)8;2-1(3,4)8(5,6)7/h10,13H,9H2,1-8H3;(H,5,6,7). The lowest BCUT2D eigenvalue weighted by molar-refractivity contribution is -0.0510. The van der Waals surface area contributed by atoms with Crippen LogP contribution in [-0.4, -0.2) is 27.3 Å². The van der Waals surface area contributed by atoms with Crippen LogP contribution in [0.4, 0.5) is 13.2 Å². The fourth-order valence-electron chi connectivity index (χ4n) is 2.48. The Kier molecular flexibility index (Phi) is 8.23. The maximum absolute atomic E-state index is 10.7. The predicted octanol–water partition coefficient (Wildman–Crippen LogP) is 4.86. The smallest absolute Gasteiger partial charge is 0.279 e. The van der Waals surface area contributed by atoms with Gasteiger partial charge >= 0.3 is 15.6 Å². The van der Waals surface area contributed by atoms with Gasteiger partial charge in [-0.15, -0.1) is 0 Å². The molecule has 0 aliphatic rings. The average Bonchev–Trinajstić information content (AvgIpc) is 2.07. The zero-order chi connectivity index (χ0) is 17.9. The number of alkyl halides is 3. The summed E-state index contributed by atoms with van der Waals surface area (Å²) in [6.45, 7) is 19.3. The third-order valence-electron chi connectivity index (χ3n) is 3.09. The summed E-state index contributed by atoms with van der Waals surface area (Å²) < 4.78 is 57.5. The van der Waals surface area contributed by atoms with Crippen LogP contribution in [0.5, 0.6) is 0 Å². The Labute approximate surface area is 128 Å². The molecule has 0 saturated carbocycles. The molecule has 0 aromatic rings. The van der Waals surface area contributed by atoms with E-state index in [0.29, 0.717) is 10.1 Å². The molecule has 0 amide bonds. The average molecular weight is 351 g/mol. The summed E-state index contributed by atoms with van der Waals surface area (Å²) in [7, 11) is -6.51. The molecule has 0 aliphatic heterocycles. The number of rotatable bonds is 2. The Balaban J connectivity index is 0. The van der Waals surface area contributed by atoms with Gasteiger partial charge in [0, 0.05) is 8.80 Å². The highest BCUT2D eigenvalue weighted by Gasteiger charge is 2.44. The molecule has 0 aromatic carbocycles. The van der Waals surface area contributed by atoms with E-state index in [4.69, 9.17) is 13.0 Å². The van der Waals surface area contributed by atoms with Gasteiger partial charge in [0.1, 0.15) is 0 Å². The quantitative estimate of drug-likeness (QED) is 0.439. The molecule has 0 spiro atoms. The van der Waals surface area contributed by atoms with Crippen LogP contribution in [0.1, 0.15) is 55.4 Å².